The van der Waals surface area contributed by atoms with Gasteiger partial charge in [0.15, 0.2) is 0 Å². The van der Waals surface area contributed by atoms with Crippen LogP contribution in [0.5, 0.6) is 0 Å². The molecule has 0 heterocycles. The Morgan fingerprint density at radius 2 is 2.00 bits per heavy atom. The van der Waals surface area contributed by atoms with Gasteiger partial charge in [-0.3, -0.25) is 0 Å². The minimum Gasteiger partial charge on any atom is -0.462 e. The molecule has 1 aromatic rings. The first-order valence-electron chi connectivity index (χ1n) is 5.50. The largest absolute Gasteiger partial charge is 0.462 e. The van der Waals surface area contributed by atoms with Crippen LogP contribution in [0.3, 0.4) is 0 Å². The summed E-state index contributed by atoms with van der Waals surface area (Å²) in [5, 5.41) is 8.96. The Balaban J connectivity index is 2.88. The average Bonchev–Trinajstić information content (AvgIpc) is 2.31. The van der Waals surface area contributed by atoms with Crippen molar-refractivity contribution in [3.63, 3.8) is 0 Å². The molecule has 0 aliphatic rings. The molecule has 3 heteroatoms. The number of hydrogen-bond acceptors (Lipinski definition) is 3. The van der Waals surface area contributed by atoms with Gasteiger partial charge in [-0.1, -0.05) is 30.3 Å². The minimum atomic E-state index is -0.538. The third-order valence-corrected chi connectivity index (χ3v) is 2.33. The van der Waals surface area contributed by atoms with Crippen LogP contribution >= 0.6 is 0 Å². The SMILES string of the molecule is CCOC(=O)/C(C#N)=C(/C)Cc1ccccc1. The van der Waals surface area contributed by atoms with Crippen molar-refractivity contribution in [1.29, 1.82) is 5.26 Å². The summed E-state index contributed by atoms with van der Waals surface area (Å²) in [6.07, 6.45) is 0.586. The molecule has 0 bridgehead atoms. The fourth-order valence-corrected chi connectivity index (χ4v) is 1.51. The van der Waals surface area contributed by atoms with Gasteiger partial charge in [0.05, 0.1) is 6.61 Å². The van der Waals surface area contributed by atoms with Crippen molar-refractivity contribution in [2.45, 2.75) is 20.3 Å². The smallest absolute Gasteiger partial charge is 0.348 e. The van der Waals surface area contributed by atoms with Crippen LogP contribution in [0.15, 0.2) is 41.5 Å². The fraction of sp³-hybridized carbons (Fsp3) is 0.286. The van der Waals surface area contributed by atoms with Gasteiger partial charge in [-0.15, -0.1) is 0 Å². The zero-order valence-corrected chi connectivity index (χ0v) is 10.1. The van der Waals surface area contributed by atoms with Gasteiger partial charge in [0.2, 0.25) is 0 Å². The van der Waals surface area contributed by atoms with Crippen LogP contribution in [0, 0.1) is 11.3 Å². The van der Waals surface area contributed by atoms with E-state index in [-0.39, 0.29) is 12.2 Å². The molecule has 0 aliphatic heterocycles. The molecule has 0 radical (unpaired) electrons. The van der Waals surface area contributed by atoms with E-state index in [0.29, 0.717) is 6.42 Å². The average molecular weight is 229 g/mol. The van der Waals surface area contributed by atoms with E-state index in [0.717, 1.165) is 11.1 Å². The number of nitriles is 1. The van der Waals surface area contributed by atoms with Crippen LogP contribution in [-0.4, -0.2) is 12.6 Å². The first-order chi connectivity index (χ1) is 8.19. The number of carbonyl (C=O) groups is 1. The van der Waals surface area contributed by atoms with Crippen molar-refractivity contribution < 1.29 is 9.53 Å². The lowest BCUT2D eigenvalue weighted by Crippen LogP contribution is -2.09. The highest BCUT2D eigenvalue weighted by Crippen LogP contribution is 2.12. The second-order valence-corrected chi connectivity index (χ2v) is 3.65. The number of carbonyl (C=O) groups excluding carboxylic acids is 1. The molecule has 1 rings (SSSR count). The van der Waals surface area contributed by atoms with Gasteiger partial charge < -0.3 is 4.74 Å². The zero-order chi connectivity index (χ0) is 12.7. The van der Waals surface area contributed by atoms with Crippen molar-refractivity contribution in [2.24, 2.45) is 0 Å². The Kier molecular flexibility index (Phi) is 4.96. The van der Waals surface area contributed by atoms with Crippen LogP contribution in [0.1, 0.15) is 19.4 Å². The summed E-state index contributed by atoms with van der Waals surface area (Å²) in [5.41, 5.74) is 1.91. The van der Waals surface area contributed by atoms with Crippen molar-refractivity contribution in [1.82, 2.24) is 0 Å². The quantitative estimate of drug-likeness (QED) is 0.453. The summed E-state index contributed by atoms with van der Waals surface area (Å²) in [6, 6.07) is 11.6. The van der Waals surface area contributed by atoms with Crippen molar-refractivity contribution >= 4 is 5.97 Å². The van der Waals surface area contributed by atoms with E-state index in [9.17, 15) is 4.79 Å². The van der Waals surface area contributed by atoms with Gasteiger partial charge in [0, 0.05) is 0 Å². The highest BCUT2D eigenvalue weighted by atomic mass is 16.5. The molecular weight excluding hydrogens is 214 g/mol. The second kappa shape index (κ2) is 6.49. The Morgan fingerprint density at radius 1 is 1.35 bits per heavy atom. The van der Waals surface area contributed by atoms with E-state index in [1.807, 2.05) is 36.4 Å². The molecule has 17 heavy (non-hydrogen) atoms. The summed E-state index contributed by atoms with van der Waals surface area (Å²) in [5.74, 6) is -0.538. The number of nitrogens with zero attached hydrogens (tertiary/aromatic N) is 1. The molecule has 1 aromatic carbocycles. The highest BCUT2D eigenvalue weighted by Gasteiger charge is 2.13. The fourth-order valence-electron chi connectivity index (χ4n) is 1.51. The van der Waals surface area contributed by atoms with Gasteiger partial charge in [0.25, 0.3) is 0 Å². The molecule has 0 aliphatic carbocycles. The van der Waals surface area contributed by atoms with Crippen LogP contribution in [0.4, 0.5) is 0 Å². The van der Waals surface area contributed by atoms with E-state index in [4.69, 9.17) is 10.00 Å². The Morgan fingerprint density at radius 3 is 2.53 bits per heavy atom. The molecular formula is C14H15NO2. The summed E-state index contributed by atoms with van der Waals surface area (Å²) >= 11 is 0. The number of allylic oxidation sites excluding steroid dienone is 1. The molecule has 0 atom stereocenters. The monoisotopic (exact) mass is 229 g/mol. The van der Waals surface area contributed by atoms with Crippen LogP contribution in [0.25, 0.3) is 0 Å². The lowest BCUT2D eigenvalue weighted by Gasteiger charge is -2.05. The lowest BCUT2D eigenvalue weighted by molar-refractivity contribution is -0.138. The Labute approximate surface area is 101 Å². The number of rotatable bonds is 4. The second-order valence-electron chi connectivity index (χ2n) is 3.65. The highest BCUT2D eigenvalue weighted by molar-refractivity contribution is 5.93. The van der Waals surface area contributed by atoms with Crippen LogP contribution in [-0.2, 0) is 16.0 Å². The summed E-state index contributed by atoms with van der Waals surface area (Å²) in [6.45, 7) is 3.78. The molecule has 0 saturated heterocycles. The van der Waals surface area contributed by atoms with Gasteiger partial charge in [-0.25, -0.2) is 4.79 Å². The maximum atomic E-state index is 11.5. The molecule has 0 unspecified atom stereocenters. The first-order valence-corrected chi connectivity index (χ1v) is 5.50. The van der Waals surface area contributed by atoms with Crippen LogP contribution < -0.4 is 0 Å². The molecule has 88 valence electrons. The zero-order valence-electron chi connectivity index (χ0n) is 10.1. The summed E-state index contributed by atoms with van der Waals surface area (Å²) in [4.78, 5) is 11.5. The normalized spacial score (nSPS) is 11.4. The van der Waals surface area contributed by atoms with E-state index in [1.54, 1.807) is 13.8 Å². The molecule has 0 fully saturated rings. The number of benzene rings is 1. The topological polar surface area (TPSA) is 50.1 Å². The first kappa shape index (κ1) is 13.0. The Bertz CT molecular complexity index is 455. The molecule has 3 nitrogen and oxygen atoms in total. The van der Waals surface area contributed by atoms with Crippen molar-refractivity contribution in [2.75, 3.05) is 6.61 Å². The lowest BCUT2D eigenvalue weighted by atomic mass is 10.0. The third kappa shape index (κ3) is 3.76. The number of hydrogen-bond donors (Lipinski definition) is 0. The maximum Gasteiger partial charge on any atom is 0.348 e. The molecule has 0 spiro atoms. The van der Waals surface area contributed by atoms with E-state index in [2.05, 4.69) is 0 Å². The van der Waals surface area contributed by atoms with Gasteiger partial charge in [-0.2, -0.15) is 5.26 Å². The Hall–Kier alpha value is -2.08. The molecule has 0 amide bonds. The van der Waals surface area contributed by atoms with Crippen LogP contribution in [0.2, 0.25) is 0 Å². The van der Waals surface area contributed by atoms with E-state index in [1.165, 1.54) is 0 Å². The predicted octanol–water partition coefficient (Wildman–Crippen LogP) is 2.63. The van der Waals surface area contributed by atoms with Crippen molar-refractivity contribution in [3.05, 3.63) is 47.0 Å². The standard InChI is InChI=1S/C14H15NO2/c1-3-17-14(16)13(10-15)11(2)9-12-7-5-4-6-8-12/h4-8H,3,9H2,1-2H3/b13-11-. The maximum absolute atomic E-state index is 11.5. The predicted molar refractivity (Wildman–Crippen MR) is 65.1 cm³/mol. The minimum absolute atomic E-state index is 0.107. The number of esters is 1. The van der Waals surface area contributed by atoms with Gasteiger partial charge >= 0.3 is 5.97 Å². The van der Waals surface area contributed by atoms with Crippen molar-refractivity contribution in [3.8, 4) is 6.07 Å². The van der Waals surface area contributed by atoms with E-state index < -0.39 is 5.97 Å². The molecule has 0 aromatic heterocycles. The van der Waals surface area contributed by atoms with E-state index >= 15 is 0 Å². The third-order valence-electron chi connectivity index (χ3n) is 2.33. The molecule has 0 N–H and O–H groups in total. The van der Waals surface area contributed by atoms with Gasteiger partial charge in [-0.05, 0) is 31.4 Å². The summed E-state index contributed by atoms with van der Waals surface area (Å²) < 4.78 is 4.83. The summed E-state index contributed by atoms with van der Waals surface area (Å²) in [7, 11) is 0. The number of ether oxygens (including phenoxy) is 1. The van der Waals surface area contributed by atoms with Gasteiger partial charge in [0.1, 0.15) is 11.6 Å². The molecule has 0 saturated carbocycles.